The predicted molar refractivity (Wildman–Crippen MR) is 71.5 cm³/mol. The second-order valence-electron chi connectivity index (χ2n) is 3.94. The van der Waals surface area contributed by atoms with Crippen molar-refractivity contribution < 1.29 is 14.3 Å². The van der Waals surface area contributed by atoms with Crippen molar-refractivity contribution in [3.05, 3.63) is 47.8 Å². The maximum absolute atomic E-state index is 12.1. The number of aromatic nitrogens is 1. The molecule has 2 aromatic rings. The zero-order valence-corrected chi connectivity index (χ0v) is 10.9. The molecule has 0 radical (unpaired) electrons. The largest absolute Gasteiger partial charge is 0.493 e. The topological polar surface area (TPSA) is 63.3 Å². The van der Waals surface area contributed by atoms with Crippen LogP contribution in [0.15, 0.2) is 36.7 Å². The first kappa shape index (κ1) is 13.0. The molecule has 2 rings (SSSR count). The molecule has 0 aliphatic rings. The van der Waals surface area contributed by atoms with Crippen LogP contribution in [0, 0.1) is 0 Å². The fourth-order valence-electron chi connectivity index (χ4n) is 1.81. The van der Waals surface area contributed by atoms with Gasteiger partial charge < -0.3 is 19.8 Å². The maximum atomic E-state index is 12.1. The number of amides is 1. The number of para-hydroxylation sites is 1. The molecule has 0 fully saturated rings. The fraction of sp³-hybridized carbons (Fsp3) is 0.214. The summed E-state index contributed by atoms with van der Waals surface area (Å²) in [6.45, 7) is 0.461. The summed E-state index contributed by atoms with van der Waals surface area (Å²) in [6, 6.07) is 7.12. The minimum atomic E-state index is -0.197. The molecule has 1 amide bonds. The van der Waals surface area contributed by atoms with E-state index in [1.807, 2.05) is 18.5 Å². The van der Waals surface area contributed by atoms with Crippen molar-refractivity contribution in [1.29, 1.82) is 0 Å². The third-order valence-corrected chi connectivity index (χ3v) is 2.76. The Hall–Kier alpha value is -2.43. The van der Waals surface area contributed by atoms with Crippen LogP contribution in [-0.2, 0) is 6.54 Å². The minimum Gasteiger partial charge on any atom is -0.493 e. The van der Waals surface area contributed by atoms with Crippen LogP contribution in [0.5, 0.6) is 11.5 Å². The Morgan fingerprint density at radius 2 is 2.11 bits per heavy atom. The van der Waals surface area contributed by atoms with Gasteiger partial charge in [-0.3, -0.25) is 4.79 Å². The van der Waals surface area contributed by atoms with E-state index < -0.39 is 0 Å². The molecule has 2 N–H and O–H groups in total. The van der Waals surface area contributed by atoms with Crippen molar-refractivity contribution in [1.82, 2.24) is 10.3 Å². The highest BCUT2D eigenvalue weighted by molar-refractivity contribution is 5.97. The van der Waals surface area contributed by atoms with Gasteiger partial charge in [0, 0.05) is 18.9 Å². The van der Waals surface area contributed by atoms with Crippen molar-refractivity contribution >= 4 is 5.91 Å². The number of hydrogen-bond donors (Lipinski definition) is 2. The molecule has 0 aliphatic carbocycles. The van der Waals surface area contributed by atoms with Gasteiger partial charge in [0.25, 0.3) is 5.91 Å². The van der Waals surface area contributed by atoms with Gasteiger partial charge in [-0.05, 0) is 23.8 Å². The normalized spacial score (nSPS) is 10.0. The van der Waals surface area contributed by atoms with E-state index >= 15 is 0 Å². The highest BCUT2D eigenvalue weighted by atomic mass is 16.5. The lowest BCUT2D eigenvalue weighted by atomic mass is 10.1. The molecule has 1 aromatic carbocycles. The average Bonchev–Trinajstić information content (AvgIpc) is 2.97. The van der Waals surface area contributed by atoms with Crippen LogP contribution in [0.3, 0.4) is 0 Å². The monoisotopic (exact) mass is 260 g/mol. The summed E-state index contributed by atoms with van der Waals surface area (Å²) < 4.78 is 10.4. The van der Waals surface area contributed by atoms with Crippen LogP contribution in [0.1, 0.15) is 15.9 Å². The van der Waals surface area contributed by atoms with Crippen LogP contribution in [0.2, 0.25) is 0 Å². The number of rotatable bonds is 5. The van der Waals surface area contributed by atoms with Crippen LogP contribution >= 0.6 is 0 Å². The van der Waals surface area contributed by atoms with Gasteiger partial charge in [-0.2, -0.15) is 0 Å². The zero-order chi connectivity index (χ0) is 13.7. The van der Waals surface area contributed by atoms with Crippen molar-refractivity contribution in [3.63, 3.8) is 0 Å². The molecular weight excluding hydrogens is 244 g/mol. The van der Waals surface area contributed by atoms with E-state index in [1.165, 1.54) is 7.11 Å². The van der Waals surface area contributed by atoms with E-state index in [0.717, 1.165) is 5.56 Å². The third-order valence-electron chi connectivity index (χ3n) is 2.76. The lowest BCUT2D eigenvalue weighted by molar-refractivity contribution is 0.0947. The fourth-order valence-corrected chi connectivity index (χ4v) is 1.81. The summed E-state index contributed by atoms with van der Waals surface area (Å²) in [5.41, 5.74) is 1.47. The molecule has 0 saturated heterocycles. The van der Waals surface area contributed by atoms with Gasteiger partial charge in [0.2, 0.25) is 0 Å². The highest BCUT2D eigenvalue weighted by Gasteiger charge is 2.15. The van der Waals surface area contributed by atoms with Gasteiger partial charge in [0.15, 0.2) is 11.5 Å². The number of benzene rings is 1. The number of nitrogens with one attached hydrogen (secondary N) is 2. The Morgan fingerprint density at radius 1 is 1.26 bits per heavy atom. The number of ether oxygens (including phenoxy) is 2. The predicted octanol–water partition coefficient (Wildman–Crippen LogP) is 1.96. The molecule has 19 heavy (non-hydrogen) atoms. The van der Waals surface area contributed by atoms with Crippen LogP contribution < -0.4 is 14.8 Å². The summed E-state index contributed by atoms with van der Waals surface area (Å²) in [5.74, 6) is 0.783. The van der Waals surface area contributed by atoms with E-state index in [0.29, 0.717) is 23.6 Å². The summed E-state index contributed by atoms with van der Waals surface area (Å²) in [5, 5.41) is 2.83. The molecule has 0 spiro atoms. The van der Waals surface area contributed by atoms with Gasteiger partial charge >= 0.3 is 0 Å². The van der Waals surface area contributed by atoms with Crippen molar-refractivity contribution in [2.24, 2.45) is 0 Å². The zero-order valence-electron chi connectivity index (χ0n) is 10.9. The van der Waals surface area contributed by atoms with E-state index in [2.05, 4.69) is 10.3 Å². The van der Waals surface area contributed by atoms with E-state index in [9.17, 15) is 4.79 Å². The Balaban J connectivity index is 2.14. The van der Waals surface area contributed by atoms with Crippen LogP contribution in [0.4, 0.5) is 0 Å². The van der Waals surface area contributed by atoms with Gasteiger partial charge in [-0.15, -0.1) is 0 Å². The first-order chi connectivity index (χ1) is 9.26. The SMILES string of the molecule is COc1cccc(C(=O)NCc2cc[nH]c2)c1OC. The molecule has 5 heteroatoms. The molecule has 0 bridgehead atoms. The average molecular weight is 260 g/mol. The van der Waals surface area contributed by atoms with Gasteiger partial charge in [0.05, 0.1) is 19.8 Å². The van der Waals surface area contributed by atoms with E-state index in [-0.39, 0.29) is 5.91 Å². The standard InChI is InChI=1S/C14H16N2O3/c1-18-12-5-3-4-11(13(12)19-2)14(17)16-9-10-6-7-15-8-10/h3-8,15H,9H2,1-2H3,(H,16,17). The molecule has 1 heterocycles. The molecule has 5 nitrogen and oxygen atoms in total. The Morgan fingerprint density at radius 3 is 2.74 bits per heavy atom. The van der Waals surface area contributed by atoms with Gasteiger partial charge in [-0.1, -0.05) is 6.07 Å². The second kappa shape index (κ2) is 5.95. The molecule has 0 atom stereocenters. The first-order valence-corrected chi connectivity index (χ1v) is 5.87. The Labute approximate surface area is 111 Å². The van der Waals surface area contributed by atoms with Crippen molar-refractivity contribution in [2.45, 2.75) is 6.54 Å². The lowest BCUT2D eigenvalue weighted by Gasteiger charge is -2.12. The molecule has 0 saturated carbocycles. The van der Waals surface area contributed by atoms with Gasteiger partial charge in [-0.25, -0.2) is 0 Å². The summed E-state index contributed by atoms with van der Waals surface area (Å²) in [6.07, 6.45) is 3.65. The molecule has 1 aromatic heterocycles. The third kappa shape index (κ3) is 2.88. The van der Waals surface area contributed by atoms with Crippen LogP contribution in [-0.4, -0.2) is 25.1 Å². The van der Waals surface area contributed by atoms with E-state index in [1.54, 1.807) is 25.3 Å². The Bertz CT molecular complexity index is 550. The summed E-state index contributed by atoms with van der Waals surface area (Å²) >= 11 is 0. The summed E-state index contributed by atoms with van der Waals surface area (Å²) in [4.78, 5) is 15.1. The highest BCUT2D eigenvalue weighted by Crippen LogP contribution is 2.30. The Kier molecular flexibility index (Phi) is 4.07. The van der Waals surface area contributed by atoms with Gasteiger partial charge in [0.1, 0.15) is 0 Å². The quantitative estimate of drug-likeness (QED) is 0.863. The molecule has 0 aliphatic heterocycles. The number of aromatic amines is 1. The first-order valence-electron chi connectivity index (χ1n) is 5.87. The minimum absolute atomic E-state index is 0.197. The smallest absolute Gasteiger partial charge is 0.255 e. The number of hydrogen-bond acceptors (Lipinski definition) is 3. The lowest BCUT2D eigenvalue weighted by Crippen LogP contribution is -2.23. The maximum Gasteiger partial charge on any atom is 0.255 e. The number of methoxy groups -OCH3 is 2. The van der Waals surface area contributed by atoms with Crippen molar-refractivity contribution in [2.75, 3.05) is 14.2 Å². The van der Waals surface area contributed by atoms with Crippen LogP contribution in [0.25, 0.3) is 0 Å². The van der Waals surface area contributed by atoms with Crippen molar-refractivity contribution in [3.8, 4) is 11.5 Å². The number of carbonyl (C=O) groups excluding carboxylic acids is 1. The molecule has 0 unspecified atom stereocenters. The number of carbonyl (C=O) groups is 1. The second-order valence-corrected chi connectivity index (χ2v) is 3.94. The van der Waals surface area contributed by atoms with E-state index in [4.69, 9.17) is 9.47 Å². The molecule has 100 valence electrons. The summed E-state index contributed by atoms with van der Waals surface area (Å²) in [7, 11) is 3.06. The number of H-pyrrole nitrogens is 1. The molecular formula is C14H16N2O3.